The molecule has 4 atom stereocenters. The summed E-state index contributed by atoms with van der Waals surface area (Å²) in [6.45, 7) is -0.830. The molecule has 0 aliphatic carbocycles. The fourth-order valence-corrected chi connectivity index (χ4v) is 4.66. The van der Waals surface area contributed by atoms with Crippen molar-refractivity contribution in [3.63, 3.8) is 0 Å². The molecule has 1 aliphatic heterocycles. The minimum Gasteiger partial charge on any atom is -0.492 e. The molecule has 0 saturated carbocycles. The third kappa shape index (κ3) is 7.87. The van der Waals surface area contributed by atoms with Gasteiger partial charge in [-0.05, 0) is 12.5 Å². The molecule has 1 aliphatic rings. The Hall–Kier alpha value is -3.76. The van der Waals surface area contributed by atoms with Crippen LogP contribution in [0, 0.1) is 0 Å². The van der Waals surface area contributed by atoms with Crippen molar-refractivity contribution in [1.82, 2.24) is 10.6 Å². The van der Waals surface area contributed by atoms with Crippen molar-refractivity contribution in [3.05, 3.63) is 11.6 Å². The Kier molecular flexibility index (Phi) is 11.4. The van der Waals surface area contributed by atoms with Crippen LogP contribution in [0.15, 0.2) is 6.07 Å². The maximum Gasteiger partial charge on any atom is 0.322 e. The second-order valence-electron chi connectivity index (χ2n) is 7.86. The average Bonchev–Trinajstić information content (AvgIpc) is 3.36. The van der Waals surface area contributed by atoms with E-state index in [9.17, 15) is 29.1 Å². The lowest BCUT2D eigenvalue weighted by molar-refractivity contribution is -0.139. The number of rotatable bonds is 16. The van der Waals surface area contributed by atoms with Gasteiger partial charge in [-0.1, -0.05) is 0 Å². The number of carbonyl (C=O) groups excluding carboxylic acids is 3. The lowest BCUT2D eigenvalue weighted by Gasteiger charge is -2.25. The van der Waals surface area contributed by atoms with E-state index in [2.05, 4.69) is 10.6 Å². The Balaban J connectivity index is 2.31. The maximum absolute atomic E-state index is 12.7. The summed E-state index contributed by atoms with van der Waals surface area (Å²) >= 11 is 0.889. The topological polar surface area (TPSA) is 233 Å². The van der Waals surface area contributed by atoms with Gasteiger partial charge in [0, 0.05) is 17.7 Å². The molecular formula is C22H29N3O12S. The molecule has 38 heavy (non-hydrogen) atoms. The summed E-state index contributed by atoms with van der Waals surface area (Å²) in [6.07, 6.45) is -1.86. The second-order valence-corrected chi connectivity index (χ2v) is 9.04. The number of nitrogens with two attached hydrogens (primary N) is 1. The minimum absolute atomic E-state index is 0.101. The van der Waals surface area contributed by atoms with E-state index >= 15 is 0 Å². The van der Waals surface area contributed by atoms with Gasteiger partial charge in [0.1, 0.15) is 31.0 Å². The Bertz CT molecular complexity index is 1050. The number of aliphatic hydroxyl groups excluding tert-OH is 1. The van der Waals surface area contributed by atoms with Gasteiger partial charge in [0.05, 0.1) is 19.5 Å². The van der Waals surface area contributed by atoms with Gasteiger partial charge < -0.3 is 55.4 Å². The largest absolute Gasteiger partial charge is 0.492 e. The third-order valence-corrected chi connectivity index (χ3v) is 6.69. The first-order chi connectivity index (χ1) is 18.0. The molecule has 2 rings (SSSR count). The third-order valence-electron chi connectivity index (χ3n) is 5.27. The number of thioether (sulfide) groups is 1. The Morgan fingerprint density at radius 2 is 1.87 bits per heavy atom. The van der Waals surface area contributed by atoms with E-state index in [1.54, 1.807) is 0 Å². The number of nitrogens with one attached hydrogen (secondary N) is 2. The molecule has 7 N–H and O–H groups in total. The van der Waals surface area contributed by atoms with Crippen molar-refractivity contribution in [1.29, 1.82) is 0 Å². The van der Waals surface area contributed by atoms with E-state index in [0.29, 0.717) is 0 Å². The van der Waals surface area contributed by atoms with Crippen molar-refractivity contribution in [2.45, 2.75) is 36.3 Å². The van der Waals surface area contributed by atoms with Crippen LogP contribution in [0.3, 0.4) is 0 Å². The zero-order valence-electron chi connectivity index (χ0n) is 20.5. The summed E-state index contributed by atoms with van der Waals surface area (Å²) in [6, 6.07) is -1.13. The summed E-state index contributed by atoms with van der Waals surface area (Å²) in [7, 11) is 2.69. The quantitative estimate of drug-likeness (QED) is 0.128. The van der Waals surface area contributed by atoms with E-state index in [4.69, 9.17) is 34.9 Å². The number of aliphatic hydroxyl groups is 1. The molecule has 0 saturated heterocycles. The van der Waals surface area contributed by atoms with Crippen LogP contribution in [0.5, 0.6) is 23.0 Å². The number of benzene rings is 1. The van der Waals surface area contributed by atoms with Crippen LogP contribution in [0.2, 0.25) is 0 Å². The van der Waals surface area contributed by atoms with E-state index in [0.717, 1.165) is 11.8 Å². The SMILES string of the molecule is COc1c(C(SCC(NC(=O)CCC(N)C(=O)O)C(=O)NCC(=O)O)C(O)C=O)cc2c(c1OC)OCO2. The number of carboxylic acid groups (broad SMARTS) is 2. The second kappa shape index (κ2) is 14.3. The Morgan fingerprint density at radius 1 is 1.18 bits per heavy atom. The van der Waals surface area contributed by atoms with Crippen LogP contribution in [0.1, 0.15) is 23.7 Å². The number of carboxylic acids is 2. The van der Waals surface area contributed by atoms with Gasteiger partial charge in [0.2, 0.25) is 30.1 Å². The zero-order valence-corrected chi connectivity index (χ0v) is 21.3. The molecule has 0 bridgehead atoms. The van der Waals surface area contributed by atoms with Gasteiger partial charge in [0.25, 0.3) is 0 Å². The number of hydrogen-bond acceptors (Lipinski definition) is 12. The maximum atomic E-state index is 12.7. The lowest BCUT2D eigenvalue weighted by atomic mass is 10.0. The molecule has 2 amide bonds. The van der Waals surface area contributed by atoms with E-state index in [-0.39, 0.29) is 60.2 Å². The van der Waals surface area contributed by atoms with Crippen molar-refractivity contribution in [2.75, 3.05) is 33.3 Å². The van der Waals surface area contributed by atoms with E-state index in [1.165, 1.54) is 20.3 Å². The van der Waals surface area contributed by atoms with Crippen molar-refractivity contribution < 1.29 is 58.2 Å². The first-order valence-corrected chi connectivity index (χ1v) is 12.2. The van der Waals surface area contributed by atoms with Crippen LogP contribution >= 0.6 is 11.8 Å². The van der Waals surface area contributed by atoms with Crippen LogP contribution < -0.4 is 35.3 Å². The van der Waals surface area contributed by atoms with Gasteiger partial charge in [-0.15, -0.1) is 11.8 Å². The molecule has 0 fully saturated rings. The number of ether oxygens (including phenoxy) is 4. The molecule has 210 valence electrons. The number of aliphatic carboxylic acids is 2. The number of amides is 2. The highest BCUT2D eigenvalue weighted by molar-refractivity contribution is 7.99. The van der Waals surface area contributed by atoms with Gasteiger partial charge in [-0.3, -0.25) is 19.2 Å². The van der Waals surface area contributed by atoms with Crippen molar-refractivity contribution >= 4 is 41.8 Å². The summed E-state index contributed by atoms with van der Waals surface area (Å²) in [5.41, 5.74) is 5.67. The fourth-order valence-electron chi connectivity index (χ4n) is 3.41. The predicted octanol–water partition coefficient (Wildman–Crippen LogP) is -1.36. The molecule has 0 spiro atoms. The van der Waals surface area contributed by atoms with Gasteiger partial charge in [-0.2, -0.15) is 0 Å². The van der Waals surface area contributed by atoms with Gasteiger partial charge >= 0.3 is 11.9 Å². The van der Waals surface area contributed by atoms with Gasteiger partial charge in [0.15, 0.2) is 11.5 Å². The summed E-state index contributed by atoms with van der Waals surface area (Å²) in [5, 5.41) is 31.8. The minimum atomic E-state index is -1.61. The average molecular weight is 560 g/mol. The van der Waals surface area contributed by atoms with Crippen molar-refractivity contribution in [3.8, 4) is 23.0 Å². The Morgan fingerprint density at radius 3 is 2.45 bits per heavy atom. The van der Waals surface area contributed by atoms with E-state index in [1.807, 2.05) is 0 Å². The molecule has 1 aromatic rings. The fraction of sp³-hybridized carbons (Fsp3) is 0.500. The van der Waals surface area contributed by atoms with Crippen LogP contribution in [-0.4, -0.2) is 96.9 Å². The highest BCUT2D eigenvalue weighted by atomic mass is 32.2. The molecular weight excluding hydrogens is 530 g/mol. The van der Waals surface area contributed by atoms with Gasteiger partial charge in [-0.25, -0.2) is 0 Å². The molecule has 1 heterocycles. The number of fused-ring (bicyclic) bond motifs is 1. The number of methoxy groups -OCH3 is 2. The molecule has 0 radical (unpaired) electrons. The standard InChI is InChI=1S/C22H29N3O12S/c1-34-17-10(5-14-18(19(17)35-2)37-9-36-14)20(13(27)7-26)38-8-12(21(31)24-6-16(29)30)25-15(28)4-3-11(23)22(32)33/h5,7,11-13,20,27H,3-4,6,8-9,23H2,1-2H3,(H,24,31)(H,25,28)(H,29,30)(H,32,33). The smallest absolute Gasteiger partial charge is 0.322 e. The Labute approximate surface area is 220 Å². The zero-order chi connectivity index (χ0) is 28.4. The van der Waals surface area contributed by atoms with E-state index < -0.39 is 53.7 Å². The molecule has 0 aromatic heterocycles. The molecule has 1 aromatic carbocycles. The predicted molar refractivity (Wildman–Crippen MR) is 130 cm³/mol. The summed E-state index contributed by atoms with van der Waals surface area (Å²) in [4.78, 5) is 58.4. The van der Waals surface area contributed by atoms with Crippen LogP contribution in [0.4, 0.5) is 0 Å². The summed E-state index contributed by atoms with van der Waals surface area (Å²) < 4.78 is 21.6. The number of hydrogen-bond donors (Lipinski definition) is 6. The van der Waals surface area contributed by atoms with Crippen molar-refractivity contribution in [2.24, 2.45) is 5.73 Å². The highest BCUT2D eigenvalue weighted by Crippen LogP contribution is 2.52. The first-order valence-electron chi connectivity index (χ1n) is 11.1. The molecule has 16 heteroatoms. The monoisotopic (exact) mass is 559 g/mol. The van der Waals surface area contributed by atoms with Crippen LogP contribution in [0.25, 0.3) is 0 Å². The number of aldehydes is 1. The highest BCUT2D eigenvalue weighted by Gasteiger charge is 2.34. The first kappa shape index (κ1) is 30.5. The summed E-state index contributed by atoms with van der Waals surface area (Å²) in [5.74, 6) is -3.63. The normalized spacial score (nSPS) is 14.9. The number of carbonyl (C=O) groups is 5. The lowest BCUT2D eigenvalue weighted by Crippen LogP contribution is -2.49. The molecule has 4 unspecified atom stereocenters. The van der Waals surface area contributed by atoms with Crippen LogP contribution in [-0.2, 0) is 24.0 Å². The molecule has 15 nitrogen and oxygen atoms in total.